The van der Waals surface area contributed by atoms with E-state index in [1.54, 1.807) is 0 Å². The van der Waals surface area contributed by atoms with Crippen LogP contribution in [-0.2, 0) is 4.79 Å². The molecule has 1 aliphatic carbocycles. The van der Waals surface area contributed by atoms with E-state index in [1.807, 2.05) is 0 Å². The number of hydrogen-bond donors (Lipinski definition) is 2. The number of aromatic nitrogens is 3. The van der Waals surface area contributed by atoms with Crippen LogP contribution in [0.2, 0.25) is 0 Å². The van der Waals surface area contributed by atoms with Gasteiger partial charge in [0.05, 0.1) is 0 Å². The number of nitrogens with zero attached hydrogens (tertiary/aromatic N) is 3. The zero-order valence-corrected chi connectivity index (χ0v) is 9.98. The van der Waals surface area contributed by atoms with Gasteiger partial charge in [0.15, 0.2) is 0 Å². The van der Waals surface area contributed by atoms with Crippen molar-refractivity contribution in [2.75, 3.05) is 11.1 Å². The number of carbonyl (C=O) groups excluding carboxylic acids is 2. The highest BCUT2D eigenvalue weighted by Crippen LogP contribution is 2.40. The largest absolute Gasteiger partial charge is 0.366 e. The number of anilines is 2. The van der Waals surface area contributed by atoms with Crippen LogP contribution in [0, 0.1) is 5.41 Å². The first kappa shape index (κ1) is 11.2. The van der Waals surface area contributed by atoms with Gasteiger partial charge in [-0.05, 0) is 12.8 Å². The molecule has 0 atom stereocenters. The van der Waals surface area contributed by atoms with Crippen LogP contribution in [0.5, 0.6) is 0 Å². The summed E-state index contributed by atoms with van der Waals surface area (Å²) in [5.41, 5.74) is 4.50. The van der Waals surface area contributed by atoms with E-state index >= 15 is 0 Å². The molecule has 2 heterocycles. The number of nitrogens with two attached hydrogens (primary N) is 1. The van der Waals surface area contributed by atoms with Crippen LogP contribution in [0.25, 0.3) is 0 Å². The van der Waals surface area contributed by atoms with Crippen molar-refractivity contribution in [2.24, 2.45) is 5.41 Å². The molecule has 96 valence electrons. The number of carbonyl (C=O) groups is 2. The average molecular weight is 249 g/mol. The van der Waals surface area contributed by atoms with Gasteiger partial charge in [-0.3, -0.25) is 14.9 Å². The monoisotopic (exact) mass is 249 g/mol. The van der Waals surface area contributed by atoms with Crippen molar-refractivity contribution in [1.29, 1.82) is 0 Å². The van der Waals surface area contributed by atoms with Crippen LogP contribution in [0.4, 0.5) is 11.9 Å². The van der Waals surface area contributed by atoms with Crippen molar-refractivity contribution in [3.63, 3.8) is 0 Å². The lowest BCUT2D eigenvalue weighted by Crippen LogP contribution is -2.50. The van der Waals surface area contributed by atoms with E-state index in [1.165, 1.54) is 0 Å². The topological polar surface area (TPSA) is 103 Å². The molecule has 1 fully saturated rings. The Morgan fingerprint density at radius 1 is 1.17 bits per heavy atom. The summed E-state index contributed by atoms with van der Waals surface area (Å²) in [6.45, 7) is 0. The van der Waals surface area contributed by atoms with Crippen molar-refractivity contribution in [3.8, 4) is 0 Å². The smallest absolute Gasteiger partial charge is 0.265 e. The molecule has 1 aromatic heterocycles. The number of nitrogen functional groups attached to an aromatic ring is 1. The highest BCUT2D eigenvalue weighted by Gasteiger charge is 2.50. The zero-order chi connectivity index (χ0) is 12.8. The molecule has 0 saturated heterocycles. The third kappa shape index (κ3) is 1.43. The van der Waals surface area contributed by atoms with E-state index in [0.29, 0.717) is 12.8 Å². The fourth-order valence-electron chi connectivity index (χ4n) is 2.84. The maximum Gasteiger partial charge on any atom is 0.265 e. The van der Waals surface area contributed by atoms with Crippen molar-refractivity contribution in [2.45, 2.75) is 38.5 Å². The highest BCUT2D eigenvalue weighted by molar-refractivity contribution is 6.14. The summed E-state index contributed by atoms with van der Waals surface area (Å²) in [5, 5.41) is 6.51. The van der Waals surface area contributed by atoms with E-state index in [-0.39, 0.29) is 23.7 Å². The molecule has 18 heavy (non-hydrogen) atoms. The normalized spacial score (nSPS) is 22.4. The highest BCUT2D eigenvalue weighted by atomic mass is 16.2. The van der Waals surface area contributed by atoms with Gasteiger partial charge < -0.3 is 5.73 Å². The minimum absolute atomic E-state index is 0.00400. The lowest BCUT2D eigenvalue weighted by Gasteiger charge is -2.32. The Hall–Kier alpha value is -1.92. The molecule has 1 aromatic rings. The van der Waals surface area contributed by atoms with Crippen molar-refractivity contribution in [1.82, 2.24) is 14.8 Å². The third-order valence-electron chi connectivity index (χ3n) is 3.84. The van der Waals surface area contributed by atoms with Gasteiger partial charge in [-0.1, -0.05) is 25.7 Å². The molecule has 3 rings (SSSR count). The summed E-state index contributed by atoms with van der Waals surface area (Å²) in [7, 11) is 0. The molecule has 7 nitrogen and oxygen atoms in total. The number of amides is 1. The summed E-state index contributed by atoms with van der Waals surface area (Å²) < 4.78 is 1.14. The molecule has 0 bridgehead atoms. The second-order valence-electron chi connectivity index (χ2n) is 4.96. The second kappa shape index (κ2) is 3.79. The average Bonchev–Trinajstić information content (AvgIpc) is 2.58. The van der Waals surface area contributed by atoms with Crippen LogP contribution < -0.4 is 11.1 Å². The third-order valence-corrected chi connectivity index (χ3v) is 3.84. The van der Waals surface area contributed by atoms with E-state index in [4.69, 9.17) is 5.73 Å². The molecular formula is C11H15N5O2. The number of nitrogens with one attached hydrogen (secondary N) is 1. The predicted molar refractivity (Wildman–Crippen MR) is 63.8 cm³/mol. The maximum atomic E-state index is 12.5. The second-order valence-corrected chi connectivity index (χ2v) is 4.96. The van der Waals surface area contributed by atoms with Crippen LogP contribution in [-0.4, -0.2) is 26.6 Å². The Bertz CT molecular complexity index is 514. The minimum atomic E-state index is -0.969. The van der Waals surface area contributed by atoms with Crippen LogP contribution in [0.1, 0.15) is 43.3 Å². The van der Waals surface area contributed by atoms with E-state index in [2.05, 4.69) is 15.4 Å². The summed E-state index contributed by atoms with van der Waals surface area (Å²) >= 11 is 0. The fourth-order valence-corrected chi connectivity index (χ4v) is 2.84. The van der Waals surface area contributed by atoms with E-state index in [9.17, 15) is 9.59 Å². The molecule has 1 amide bonds. The molecule has 1 spiro atoms. The van der Waals surface area contributed by atoms with Crippen molar-refractivity contribution in [3.05, 3.63) is 0 Å². The molecule has 0 radical (unpaired) electrons. The maximum absolute atomic E-state index is 12.5. The first-order valence-corrected chi connectivity index (χ1v) is 6.22. The van der Waals surface area contributed by atoms with E-state index < -0.39 is 5.41 Å². The number of hydrogen-bond acceptors (Lipinski definition) is 5. The molecular weight excluding hydrogens is 234 g/mol. The molecule has 0 unspecified atom stereocenters. The molecule has 1 saturated carbocycles. The van der Waals surface area contributed by atoms with Gasteiger partial charge in [0.25, 0.3) is 5.91 Å². The Balaban J connectivity index is 2.06. The minimum Gasteiger partial charge on any atom is -0.366 e. The van der Waals surface area contributed by atoms with E-state index in [0.717, 1.165) is 30.4 Å². The summed E-state index contributed by atoms with van der Waals surface area (Å²) in [6.07, 6.45) is 5.06. The molecule has 2 aliphatic rings. The molecule has 0 aromatic carbocycles. The number of rotatable bonds is 0. The van der Waals surface area contributed by atoms with Crippen LogP contribution >= 0.6 is 0 Å². The van der Waals surface area contributed by atoms with Crippen molar-refractivity contribution < 1.29 is 9.59 Å². The fraction of sp³-hybridized carbons (Fsp3) is 0.636. The van der Waals surface area contributed by atoms with Gasteiger partial charge in [0.2, 0.25) is 17.8 Å². The predicted octanol–water partition coefficient (Wildman–Crippen LogP) is 0.793. The van der Waals surface area contributed by atoms with Gasteiger partial charge >= 0.3 is 0 Å². The van der Waals surface area contributed by atoms with Gasteiger partial charge in [0, 0.05) is 0 Å². The Morgan fingerprint density at radius 2 is 1.83 bits per heavy atom. The van der Waals surface area contributed by atoms with Gasteiger partial charge in [-0.15, -0.1) is 5.10 Å². The van der Waals surface area contributed by atoms with Gasteiger partial charge in [-0.25, -0.2) is 0 Å². The summed E-state index contributed by atoms with van der Waals surface area (Å²) in [5.74, 6) is -0.400. The summed E-state index contributed by atoms with van der Waals surface area (Å²) in [4.78, 5) is 28.6. The van der Waals surface area contributed by atoms with Gasteiger partial charge in [0.1, 0.15) is 5.41 Å². The number of fused-ring (bicyclic) bond motifs is 1. The Kier molecular flexibility index (Phi) is 2.36. The summed E-state index contributed by atoms with van der Waals surface area (Å²) in [6, 6.07) is 0. The molecule has 3 N–H and O–H groups in total. The Morgan fingerprint density at radius 3 is 2.50 bits per heavy atom. The van der Waals surface area contributed by atoms with Crippen LogP contribution in [0.15, 0.2) is 0 Å². The Labute approximate surface area is 104 Å². The quantitative estimate of drug-likeness (QED) is 0.662. The standard InChI is InChI=1S/C11H15N5O2/c12-9-14-10-13-7(17)11(8(18)16(10)15-9)5-3-1-2-4-6-11/h1-6H2,(H3,12,13,14,15,17). The molecule has 7 heteroatoms. The lowest BCUT2D eigenvalue weighted by molar-refractivity contribution is -0.124. The first-order valence-electron chi connectivity index (χ1n) is 6.22. The SMILES string of the molecule is Nc1nc2n(n1)C(=O)C1(CCCCCC1)C(=O)N2. The lowest BCUT2D eigenvalue weighted by atomic mass is 9.77. The molecule has 1 aliphatic heterocycles. The zero-order valence-electron chi connectivity index (χ0n) is 9.98. The van der Waals surface area contributed by atoms with Crippen LogP contribution in [0.3, 0.4) is 0 Å². The van der Waals surface area contributed by atoms with Gasteiger partial charge in [-0.2, -0.15) is 9.67 Å². The van der Waals surface area contributed by atoms with Crippen molar-refractivity contribution >= 4 is 23.7 Å². The first-order chi connectivity index (χ1) is 8.63.